The molecule has 0 aliphatic heterocycles. The third kappa shape index (κ3) is 5.73. The van der Waals surface area contributed by atoms with E-state index in [1.54, 1.807) is 48.5 Å². The summed E-state index contributed by atoms with van der Waals surface area (Å²) < 4.78 is 27.6. The van der Waals surface area contributed by atoms with Gasteiger partial charge in [0.25, 0.3) is 15.9 Å². The lowest BCUT2D eigenvalue weighted by Crippen LogP contribution is -2.23. The van der Waals surface area contributed by atoms with Crippen LogP contribution in [0.15, 0.2) is 71.6 Å². The fraction of sp³-hybridized carbons (Fsp3) is 0.240. The summed E-state index contributed by atoms with van der Waals surface area (Å²) in [6.45, 7) is 6.56. The van der Waals surface area contributed by atoms with E-state index in [9.17, 15) is 13.2 Å². The van der Waals surface area contributed by atoms with Crippen molar-refractivity contribution in [3.63, 3.8) is 0 Å². The van der Waals surface area contributed by atoms with Crippen LogP contribution in [-0.2, 0) is 29.4 Å². The molecule has 162 valence electrons. The second-order valence-corrected chi connectivity index (χ2v) is 9.17. The Morgan fingerprint density at radius 2 is 1.52 bits per heavy atom. The molecule has 0 unspecified atom stereocenters. The Balaban J connectivity index is 1.66. The lowest BCUT2D eigenvalue weighted by Gasteiger charge is -2.12. The molecule has 0 fully saturated rings. The van der Waals surface area contributed by atoms with Gasteiger partial charge in [-0.15, -0.1) is 0 Å². The van der Waals surface area contributed by atoms with Gasteiger partial charge in [-0.05, 0) is 72.9 Å². The summed E-state index contributed by atoms with van der Waals surface area (Å²) in [6.07, 6.45) is 1.86. The van der Waals surface area contributed by atoms with Crippen molar-refractivity contribution in [1.82, 2.24) is 5.32 Å². The minimum Gasteiger partial charge on any atom is -0.348 e. The number of amides is 1. The average molecular weight is 437 g/mol. The minimum absolute atomic E-state index is 0.195. The average Bonchev–Trinajstić information content (AvgIpc) is 2.77. The number of hydrogen-bond acceptors (Lipinski definition) is 3. The molecule has 1 amide bonds. The van der Waals surface area contributed by atoms with Crippen LogP contribution in [0, 0.1) is 6.92 Å². The molecule has 0 heterocycles. The zero-order valence-electron chi connectivity index (χ0n) is 18.1. The first-order valence-electron chi connectivity index (χ1n) is 10.4. The lowest BCUT2D eigenvalue weighted by atomic mass is 10.0. The molecule has 0 radical (unpaired) electrons. The van der Waals surface area contributed by atoms with Crippen molar-refractivity contribution in [2.24, 2.45) is 0 Å². The number of hydrogen-bond donors (Lipinski definition) is 2. The first-order chi connectivity index (χ1) is 14.8. The summed E-state index contributed by atoms with van der Waals surface area (Å²) >= 11 is 0. The normalized spacial score (nSPS) is 11.2. The second kappa shape index (κ2) is 9.79. The Hall–Kier alpha value is -3.12. The SMILES string of the molecule is CCc1ccc(CC)c(CNC(=O)c2ccc(NS(=O)(=O)c3ccc(C)cc3)cc2)c1. The van der Waals surface area contributed by atoms with Gasteiger partial charge in [-0.1, -0.05) is 49.7 Å². The molecule has 0 spiro atoms. The van der Waals surface area contributed by atoms with Crippen LogP contribution >= 0.6 is 0 Å². The van der Waals surface area contributed by atoms with Gasteiger partial charge in [0, 0.05) is 17.8 Å². The van der Waals surface area contributed by atoms with Crippen molar-refractivity contribution in [1.29, 1.82) is 0 Å². The van der Waals surface area contributed by atoms with Crippen LogP contribution in [0.4, 0.5) is 5.69 Å². The standard InChI is InChI=1S/C25H28N2O3S/c1-4-19-8-9-20(5-2)22(16-19)17-26-25(28)21-10-12-23(13-11-21)27-31(29,30)24-14-6-18(3)7-15-24/h6-16,27H,4-5,17H2,1-3H3,(H,26,28). The van der Waals surface area contributed by atoms with E-state index in [2.05, 4.69) is 42.1 Å². The van der Waals surface area contributed by atoms with E-state index in [1.165, 1.54) is 11.1 Å². The number of carbonyl (C=O) groups excluding carboxylic acids is 1. The van der Waals surface area contributed by atoms with E-state index in [-0.39, 0.29) is 10.8 Å². The van der Waals surface area contributed by atoms with Crippen molar-refractivity contribution in [2.45, 2.75) is 45.1 Å². The van der Waals surface area contributed by atoms with E-state index >= 15 is 0 Å². The molecule has 3 aromatic rings. The molecular weight excluding hydrogens is 408 g/mol. The fourth-order valence-corrected chi connectivity index (χ4v) is 4.37. The predicted octanol–water partition coefficient (Wildman–Crippen LogP) is 4.85. The fourth-order valence-electron chi connectivity index (χ4n) is 3.31. The van der Waals surface area contributed by atoms with E-state index in [4.69, 9.17) is 0 Å². The highest BCUT2D eigenvalue weighted by Gasteiger charge is 2.14. The van der Waals surface area contributed by atoms with E-state index in [1.807, 2.05) is 6.92 Å². The monoisotopic (exact) mass is 436 g/mol. The lowest BCUT2D eigenvalue weighted by molar-refractivity contribution is 0.0951. The van der Waals surface area contributed by atoms with Gasteiger partial charge in [0.1, 0.15) is 0 Å². The number of rotatable bonds is 8. The molecule has 0 aliphatic rings. The van der Waals surface area contributed by atoms with Crippen LogP contribution < -0.4 is 10.0 Å². The van der Waals surface area contributed by atoms with Gasteiger partial charge < -0.3 is 5.32 Å². The summed E-state index contributed by atoms with van der Waals surface area (Å²) in [7, 11) is -3.67. The summed E-state index contributed by atoms with van der Waals surface area (Å²) in [6, 6.07) is 19.4. The van der Waals surface area contributed by atoms with Gasteiger partial charge in [0.15, 0.2) is 0 Å². The third-order valence-corrected chi connectivity index (χ3v) is 6.63. The highest BCUT2D eigenvalue weighted by Crippen LogP contribution is 2.18. The minimum atomic E-state index is -3.67. The van der Waals surface area contributed by atoms with E-state index in [0.29, 0.717) is 17.8 Å². The van der Waals surface area contributed by atoms with E-state index < -0.39 is 10.0 Å². The molecule has 0 saturated carbocycles. The summed E-state index contributed by atoms with van der Waals surface area (Å²) in [5.41, 5.74) is 5.45. The quantitative estimate of drug-likeness (QED) is 0.530. The Bertz CT molecular complexity index is 1150. The zero-order valence-corrected chi connectivity index (χ0v) is 18.9. The Labute approximate surface area is 184 Å². The molecule has 3 rings (SSSR count). The Morgan fingerprint density at radius 1 is 0.839 bits per heavy atom. The molecule has 5 nitrogen and oxygen atoms in total. The maximum absolute atomic E-state index is 12.6. The van der Waals surface area contributed by atoms with Gasteiger partial charge in [-0.3, -0.25) is 9.52 Å². The summed E-state index contributed by atoms with van der Waals surface area (Å²) in [5.74, 6) is -0.197. The smallest absolute Gasteiger partial charge is 0.261 e. The number of nitrogens with one attached hydrogen (secondary N) is 2. The number of carbonyl (C=O) groups is 1. The van der Waals surface area contributed by atoms with Crippen molar-refractivity contribution in [3.8, 4) is 0 Å². The van der Waals surface area contributed by atoms with Gasteiger partial charge in [-0.25, -0.2) is 8.42 Å². The van der Waals surface area contributed by atoms with Crippen molar-refractivity contribution >= 4 is 21.6 Å². The highest BCUT2D eigenvalue weighted by molar-refractivity contribution is 7.92. The van der Waals surface area contributed by atoms with Crippen molar-refractivity contribution in [2.75, 3.05) is 4.72 Å². The van der Waals surface area contributed by atoms with Gasteiger partial charge in [-0.2, -0.15) is 0 Å². The molecule has 0 aromatic heterocycles. The predicted molar refractivity (Wildman–Crippen MR) is 125 cm³/mol. The number of aryl methyl sites for hydroxylation is 3. The summed E-state index contributed by atoms with van der Waals surface area (Å²) in [4.78, 5) is 12.8. The molecule has 6 heteroatoms. The zero-order chi connectivity index (χ0) is 22.4. The second-order valence-electron chi connectivity index (χ2n) is 7.49. The molecule has 3 aromatic carbocycles. The molecule has 31 heavy (non-hydrogen) atoms. The maximum Gasteiger partial charge on any atom is 0.261 e. The van der Waals surface area contributed by atoms with Crippen LogP contribution in [0.1, 0.15) is 46.5 Å². The van der Waals surface area contributed by atoms with Crippen LogP contribution in [0.5, 0.6) is 0 Å². The largest absolute Gasteiger partial charge is 0.348 e. The van der Waals surface area contributed by atoms with Crippen LogP contribution in [0.3, 0.4) is 0 Å². The van der Waals surface area contributed by atoms with Gasteiger partial charge in [0.05, 0.1) is 4.90 Å². The first kappa shape index (κ1) is 22.6. The number of anilines is 1. The van der Waals surface area contributed by atoms with E-state index in [0.717, 1.165) is 24.0 Å². The summed E-state index contributed by atoms with van der Waals surface area (Å²) in [5, 5.41) is 2.96. The van der Waals surface area contributed by atoms with Crippen LogP contribution in [0.2, 0.25) is 0 Å². The molecular formula is C25H28N2O3S. The third-order valence-electron chi connectivity index (χ3n) is 5.23. The van der Waals surface area contributed by atoms with Gasteiger partial charge in [0.2, 0.25) is 0 Å². The molecule has 0 bridgehead atoms. The molecule has 2 N–H and O–H groups in total. The van der Waals surface area contributed by atoms with Crippen molar-refractivity contribution in [3.05, 3.63) is 94.5 Å². The van der Waals surface area contributed by atoms with Crippen LogP contribution in [-0.4, -0.2) is 14.3 Å². The molecule has 0 saturated heterocycles. The van der Waals surface area contributed by atoms with Gasteiger partial charge >= 0.3 is 0 Å². The number of benzene rings is 3. The first-order valence-corrected chi connectivity index (χ1v) is 11.9. The van der Waals surface area contributed by atoms with Crippen LogP contribution in [0.25, 0.3) is 0 Å². The molecule has 0 aliphatic carbocycles. The maximum atomic E-state index is 12.6. The Kier molecular flexibility index (Phi) is 7.13. The number of sulfonamides is 1. The Morgan fingerprint density at radius 3 is 2.13 bits per heavy atom. The highest BCUT2D eigenvalue weighted by atomic mass is 32.2. The topological polar surface area (TPSA) is 75.3 Å². The molecule has 0 atom stereocenters. The van der Waals surface area contributed by atoms with Crippen molar-refractivity contribution < 1.29 is 13.2 Å².